The van der Waals surface area contributed by atoms with E-state index in [1.165, 1.54) is 0 Å². The number of nitrogens with one attached hydrogen (secondary N) is 1. The van der Waals surface area contributed by atoms with Crippen LogP contribution in [0.4, 0.5) is 11.4 Å². The van der Waals surface area contributed by atoms with Gasteiger partial charge in [-0.25, -0.2) is 0 Å². The van der Waals surface area contributed by atoms with Crippen LogP contribution in [0.2, 0.25) is 0 Å². The number of anilines is 1. The van der Waals surface area contributed by atoms with Crippen molar-refractivity contribution in [2.75, 3.05) is 31.5 Å². The van der Waals surface area contributed by atoms with E-state index in [0.29, 0.717) is 5.69 Å². The molecule has 0 aromatic heterocycles. The summed E-state index contributed by atoms with van der Waals surface area (Å²) in [5.41, 5.74) is 1.79. The maximum atomic E-state index is 10.9. The van der Waals surface area contributed by atoms with Crippen molar-refractivity contribution in [2.24, 2.45) is 0 Å². The van der Waals surface area contributed by atoms with Gasteiger partial charge < -0.3 is 10.2 Å². The second kappa shape index (κ2) is 7.74. The summed E-state index contributed by atoms with van der Waals surface area (Å²) in [5, 5.41) is 14.1. The summed E-state index contributed by atoms with van der Waals surface area (Å²) in [6.07, 6.45) is 0.979. The standard InChI is InChI=1S/C14H23N3O2/c1-4-16(5-2)10-6-9-15-13-11-12(3)7-8-14(13)17(18)19/h7-8,11,15H,4-6,9-10H2,1-3H3. The average Bonchev–Trinajstić information content (AvgIpc) is 2.38. The number of aryl methyl sites for hydroxylation is 1. The predicted molar refractivity (Wildman–Crippen MR) is 78.7 cm³/mol. The lowest BCUT2D eigenvalue weighted by Crippen LogP contribution is -2.25. The molecule has 0 bridgehead atoms. The van der Waals surface area contributed by atoms with Crippen LogP contribution in [-0.4, -0.2) is 36.0 Å². The topological polar surface area (TPSA) is 58.4 Å². The molecule has 0 heterocycles. The van der Waals surface area contributed by atoms with Crippen LogP contribution in [0.5, 0.6) is 0 Å². The van der Waals surface area contributed by atoms with Gasteiger partial charge in [0.1, 0.15) is 5.69 Å². The van der Waals surface area contributed by atoms with Crippen LogP contribution < -0.4 is 5.32 Å². The fourth-order valence-electron chi connectivity index (χ4n) is 2.02. The van der Waals surface area contributed by atoms with Gasteiger partial charge in [-0.2, -0.15) is 0 Å². The fourth-order valence-corrected chi connectivity index (χ4v) is 2.02. The van der Waals surface area contributed by atoms with Crippen molar-refractivity contribution in [2.45, 2.75) is 27.2 Å². The van der Waals surface area contributed by atoms with Crippen LogP contribution in [0.15, 0.2) is 18.2 Å². The summed E-state index contributed by atoms with van der Waals surface area (Å²) in [4.78, 5) is 12.9. The SMILES string of the molecule is CCN(CC)CCCNc1cc(C)ccc1[N+](=O)[O-]. The molecule has 5 nitrogen and oxygen atoms in total. The van der Waals surface area contributed by atoms with Crippen molar-refractivity contribution in [3.63, 3.8) is 0 Å². The smallest absolute Gasteiger partial charge is 0.292 e. The summed E-state index contributed by atoms with van der Waals surface area (Å²) < 4.78 is 0. The highest BCUT2D eigenvalue weighted by Crippen LogP contribution is 2.24. The van der Waals surface area contributed by atoms with Gasteiger partial charge in [-0.3, -0.25) is 10.1 Å². The van der Waals surface area contributed by atoms with Gasteiger partial charge in [0.15, 0.2) is 0 Å². The van der Waals surface area contributed by atoms with E-state index >= 15 is 0 Å². The summed E-state index contributed by atoms with van der Waals surface area (Å²) in [6.45, 7) is 10.1. The minimum absolute atomic E-state index is 0.147. The molecule has 0 fully saturated rings. The van der Waals surface area contributed by atoms with Crippen molar-refractivity contribution >= 4 is 11.4 Å². The molecule has 0 aliphatic carbocycles. The zero-order valence-corrected chi connectivity index (χ0v) is 12.0. The molecule has 0 aliphatic rings. The molecular formula is C14H23N3O2. The Bertz CT molecular complexity index is 417. The Labute approximate surface area is 114 Å². The quantitative estimate of drug-likeness (QED) is 0.446. The molecule has 1 rings (SSSR count). The molecule has 0 saturated heterocycles. The Balaban J connectivity index is 2.53. The maximum Gasteiger partial charge on any atom is 0.292 e. The highest BCUT2D eigenvalue weighted by Gasteiger charge is 2.12. The number of rotatable bonds is 8. The largest absolute Gasteiger partial charge is 0.379 e. The van der Waals surface area contributed by atoms with Crippen molar-refractivity contribution in [3.8, 4) is 0 Å². The van der Waals surface area contributed by atoms with Crippen LogP contribution in [0.1, 0.15) is 25.8 Å². The predicted octanol–water partition coefficient (Wildman–Crippen LogP) is 3.05. The highest BCUT2D eigenvalue weighted by atomic mass is 16.6. The molecule has 0 radical (unpaired) electrons. The van der Waals surface area contributed by atoms with E-state index in [0.717, 1.165) is 38.2 Å². The number of benzene rings is 1. The second-order valence-corrected chi connectivity index (χ2v) is 4.58. The molecule has 0 unspecified atom stereocenters. The molecule has 0 spiro atoms. The number of nitro groups is 1. The summed E-state index contributed by atoms with van der Waals surface area (Å²) in [5.74, 6) is 0. The van der Waals surface area contributed by atoms with Gasteiger partial charge in [0, 0.05) is 12.6 Å². The van der Waals surface area contributed by atoms with Crippen LogP contribution in [0, 0.1) is 17.0 Å². The van der Waals surface area contributed by atoms with E-state index in [2.05, 4.69) is 24.1 Å². The summed E-state index contributed by atoms with van der Waals surface area (Å²) >= 11 is 0. The van der Waals surface area contributed by atoms with Crippen LogP contribution >= 0.6 is 0 Å². The van der Waals surface area contributed by atoms with Gasteiger partial charge in [-0.15, -0.1) is 0 Å². The van der Waals surface area contributed by atoms with E-state index in [1.807, 2.05) is 13.0 Å². The molecule has 1 aromatic rings. The van der Waals surface area contributed by atoms with Crippen molar-refractivity contribution in [3.05, 3.63) is 33.9 Å². The third-order valence-corrected chi connectivity index (χ3v) is 3.21. The molecule has 0 amide bonds. The lowest BCUT2D eigenvalue weighted by atomic mass is 10.2. The minimum Gasteiger partial charge on any atom is -0.379 e. The molecule has 5 heteroatoms. The van der Waals surface area contributed by atoms with Crippen LogP contribution in [0.25, 0.3) is 0 Å². The van der Waals surface area contributed by atoms with Crippen molar-refractivity contribution < 1.29 is 4.92 Å². The zero-order chi connectivity index (χ0) is 14.3. The Kier molecular flexibility index (Phi) is 6.29. The van der Waals surface area contributed by atoms with Gasteiger partial charge in [0.25, 0.3) is 5.69 Å². The van der Waals surface area contributed by atoms with Gasteiger partial charge >= 0.3 is 0 Å². The lowest BCUT2D eigenvalue weighted by molar-refractivity contribution is -0.384. The Morgan fingerprint density at radius 1 is 1.32 bits per heavy atom. The van der Waals surface area contributed by atoms with E-state index in [9.17, 15) is 10.1 Å². The first-order valence-electron chi connectivity index (χ1n) is 6.79. The number of hydrogen-bond acceptors (Lipinski definition) is 4. The van der Waals surface area contributed by atoms with E-state index in [4.69, 9.17) is 0 Å². The fraction of sp³-hybridized carbons (Fsp3) is 0.571. The van der Waals surface area contributed by atoms with Gasteiger partial charge in [-0.1, -0.05) is 19.9 Å². The number of nitro benzene ring substituents is 1. The monoisotopic (exact) mass is 265 g/mol. The summed E-state index contributed by atoms with van der Waals surface area (Å²) in [6, 6.07) is 5.15. The lowest BCUT2D eigenvalue weighted by Gasteiger charge is -2.18. The zero-order valence-electron chi connectivity index (χ0n) is 12.0. The highest BCUT2D eigenvalue weighted by molar-refractivity contribution is 5.62. The Morgan fingerprint density at radius 2 is 2.00 bits per heavy atom. The molecule has 0 aliphatic heterocycles. The Morgan fingerprint density at radius 3 is 2.58 bits per heavy atom. The molecular weight excluding hydrogens is 242 g/mol. The Hall–Kier alpha value is -1.62. The minimum atomic E-state index is -0.341. The third kappa shape index (κ3) is 4.87. The van der Waals surface area contributed by atoms with Crippen molar-refractivity contribution in [1.29, 1.82) is 0 Å². The maximum absolute atomic E-state index is 10.9. The molecule has 1 N–H and O–H groups in total. The van der Waals surface area contributed by atoms with E-state index < -0.39 is 0 Å². The third-order valence-electron chi connectivity index (χ3n) is 3.21. The summed E-state index contributed by atoms with van der Waals surface area (Å²) in [7, 11) is 0. The van der Waals surface area contributed by atoms with Gasteiger partial charge in [-0.05, 0) is 44.6 Å². The van der Waals surface area contributed by atoms with Crippen molar-refractivity contribution in [1.82, 2.24) is 4.90 Å². The molecule has 19 heavy (non-hydrogen) atoms. The molecule has 0 saturated carbocycles. The number of hydrogen-bond donors (Lipinski definition) is 1. The van der Waals surface area contributed by atoms with Crippen LogP contribution in [-0.2, 0) is 0 Å². The molecule has 0 atom stereocenters. The average molecular weight is 265 g/mol. The normalized spacial score (nSPS) is 10.7. The second-order valence-electron chi connectivity index (χ2n) is 4.58. The number of nitrogens with zero attached hydrogens (tertiary/aromatic N) is 2. The molecule has 106 valence electrons. The van der Waals surface area contributed by atoms with E-state index in [-0.39, 0.29) is 10.6 Å². The first-order chi connectivity index (χ1) is 9.08. The first kappa shape index (κ1) is 15.4. The van der Waals surface area contributed by atoms with Crippen LogP contribution in [0.3, 0.4) is 0 Å². The van der Waals surface area contributed by atoms with E-state index in [1.54, 1.807) is 12.1 Å². The van der Waals surface area contributed by atoms with Gasteiger partial charge in [0.05, 0.1) is 4.92 Å². The van der Waals surface area contributed by atoms with Gasteiger partial charge in [0.2, 0.25) is 0 Å². The molecule has 1 aromatic carbocycles. The first-order valence-corrected chi connectivity index (χ1v) is 6.79.